The number of fused-ring (bicyclic) bond motifs is 3. The van der Waals surface area contributed by atoms with Gasteiger partial charge in [0.1, 0.15) is 0 Å². The van der Waals surface area contributed by atoms with Crippen LogP contribution in [0.5, 0.6) is 0 Å². The molecule has 0 radical (unpaired) electrons. The maximum absolute atomic E-state index is 5.07. The molecule has 0 atom stereocenters. The normalized spacial score (nSPS) is 11.3. The van der Waals surface area contributed by atoms with E-state index in [1.165, 1.54) is 21.8 Å². The van der Waals surface area contributed by atoms with Crippen LogP contribution in [0, 0.1) is 0 Å². The highest BCUT2D eigenvalue weighted by atomic mass is 15.0. The van der Waals surface area contributed by atoms with Crippen molar-refractivity contribution in [3.8, 4) is 73.2 Å². The van der Waals surface area contributed by atoms with Crippen LogP contribution in [-0.2, 0) is 0 Å². The Hall–Kier alpha value is -7.43. The standard InChI is InChI=1S/C51H34N4/c1-5-17-35(18-6-1)40-31-41(33-42(32-40)55-47-27-15-13-25-44(47)45-26-14-16-28-48(45)55)43-30-29-39(34-46(43)36-19-7-2-8-20-36)51-53-49(37-21-9-3-10-22-37)52-50(54-51)38-23-11-4-12-24-38/h1-34H. The Morgan fingerprint density at radius 1 is 0.273 bits per heavy atom. The van der Waals surface area contributed by atoms with Gasteiger partial charge in [0.25, 0.3) is 0 Å². The largest absolute Gasteiger partial charge is 0.309 e. The lowest BCUT2D eigenvalue weighted by Gasteiger charge is -2.17. The molecule has 4 nitrogen and oxygen atoms in total. The van der Waals surface area contributed by atoms with Crippen LogP contribution in [0.15, 0.2) is 206 Å². The van der Waals surface area contributed by atoms with E-state index >= 15 is 0 Å². The van der Waals surface area contributed by atoms with Gasteiger partial charge in [-0.3, -0.25) is 0 Å². The zero-order valence-electron chi connectivity index (χ0n) is 29.9. The van der Waals surface area contributed by atoms with Gasteiger partial charge < -0.3 is 4.57 Å². The molecule has 8 aromatic carbocycles. The number of benzene rings is 8. The number of hydrogen-bond acceptors (Lipinski definition) is 3. The van der Waals surface area contributed by atoms with Gasteiger partial charge in [-0.25, -0.2) is 15.0 Å². The van der Waals surface area contributed by atoms with E-state index in [-0.39, 0.29) is 0 Å². The Kier molecular flexibility index (Phi) is 8.12. The summed E-state index contributed by atoms with van der Waals surface area (Å²) in [7, 11) is 0. The van der Waals surface area contributed by atoms with E-state index in [2.05, 4.69) is 150 Å². The summed E-state index contributed by atoms with van der Waals surface area (Å²) in [6.45, 7) is 0. The monoisotopic (exact) mass is 702 g/mol. The number of nitrogens with zero attached hydrogens (tertiary/aromatic N) is 4. The molecule has 2 heterocycles. The van der Waals surface area contributed by atoms with Crippen LogP contribution < -0.4 is 0 Å². The van der Waals surface area contributed by atoms with Gasteiger partial charge in [-0.2, -0.15) is 0 Å². The molecule has 10 aromatic rings. The maximum Gasteiger partial charge on any atom is 0.164 e. The Bertz CT molecular complexity index is 2840. The SMILES string of the molecule is c1ccc(-c2cc(-c3ccc(-c4nc(-c5ccccc5)nc(-c5ccccc5)n4)cc3-c3ccccc3)cc(-n3c4ccccc4c4ccccc43)c2)cc1. The first-order valence-corrected chi connectivity index (χ1v) is 18.5. The molecule has 55 heavy (non-hydrogen) atoms. The minimum absolute atomic E-state index is 0.625. The van der Waals surface area contributed by atoms with E-state index < -0.39 is 0 Å². The summed E-state index contributed by atoms with van der Waals surface area (Å²) in [5.74, 6) is 1.91. The molecule has 0 aliphatic carbocycles. The molecule has 0 N–H and O–H groups in total. The first kappa shape index (κ1) is 32.2. The highest BCUT2D eigenvalue weighted by Crippen LogP contribution is 2.40. The van der Waals surface area contributed by atoms with Crippen molar-refractivity contribution < 1.29 is 0 Å². The second-order valence-electron chi connectivity index (χ2n) is 13.7. The molecule has 0 spiro atoms. The zero-order chi connectivity index (χ0) is 36.6. The molecule has 0 amide bonds. The maximum atomic E-state index is 5.07. The fourth-order valence-electron chi connectivity index (χ4n) is 7.62. The number of para-hydroxylation sites is 2. The average molecular weight is 703 g/mol. The fourth-order valence-corrected chi connectivity index (χ4v) is 7.62. The van der Waals surface area contributed by atoms with Crippen molar-refractivity contribution in [2.75, 3.05) is 0 Å². The summed E-state index contributed by atoms with van der Waals surface area (Å²) in [6, 6.07) is 72.4. The lowest BCUT2D eigenvalue weighted by molar-refractivity contribution is 1.07. The molecule has 0 bridgehead atoms. The molecular weight excluding hydrogens is 669 g/mol. The first-order valence-electron chi connectivity index (χ1n) is 18.5. The van der Waals surface area contributed by atoms with Crippen molar-refractivity contribution in [1.29, 1.82) is 0 Å². The average Bonchev–Trinajstić information content (AvgIpc) is 3.61. The highest BCUT2D eigenvalue weighted by molar-refractivity contribution is 6.09. The van der Waals surface area contributed by atoms with Gasteiger partial charge in [-0.15, -0.1) is 0 Å². The Balaban J connectivity index is 1.21. The highest BCUT2D eigenvalue weighted by Gasteiger charge is 2.18. The molecule has 2 aromatic heterocycles. The Morgan fingerprint density at radius 3 is 1.25 bits per heavy atom. The van der Waals surface area contributed by atoms with Gasteiger partial charge in [-0.1, -0.05) is 170 Å². The van der Waals surface area contributed by atoms with Crippen molar-refractivity contribution in [1.82, 2.24) is 19.5 Å². The van der Waals surface area contributed by atoms with Crippen LogP contribution in [0.3, 0.4) is 0 Å². The van der Waals surface area contributed by atoms with E-state index in [1.54, 1.807) is 0 Å². The third-order valence-corrected chi connectivity index (χ3v) is 10.2. The summed E-state index contributed by atoms with van der Waals surface area (Å²) < 4.78 is 2.40. The smallest absolute Gasteiger partial charge is 0.164 e. The summed E-state index contributed by atoms with van der Waals surface area (Å²) in [4.78, 5) is 15.1. The predicted octanol–water partition coefficient (Wildman–Crippen LogP) is 13.0. The summed E-state index contributed by atoms with van der Waals surface area (Å²) in [5.41, 5.74) is 13.0. The van der Waals surface area contributed by atoms with Crippen LogP contribution in [0.4, 0.5) is 0 Å². The van der Waals surface area contributed by atoms with Crippen LogP contribution in [0.25, 0.3) is 95.0 Å². The van der Waals surface area contributed by atoms with Crippen molar-refractivity contribution in [3.63, 3.8) is 0 Å². The van der Waals surface area contributed by atoms with Crippen molar-refractivity contribution >= 4 is 21.8 Å². The van der Waals surface area contributed by atoms with Gasteiger partial charge in [0.05, 0.1) is 11.0 Å². The van der Waals surface area contributed by atoms with Crippen LogP contribution in [0.1, 0.15) is 0 Å². The van der Waals surface area contributed by atoms with E-state index in [9.17, 15) is 0 Å². The summed E-state index contributed by atoms with van der Waals surface area (Å²) >= 11 is 0. The van der Waals surface area contributed by atoms with Crippen LogP contribution in [-0.4, -0.2) is 19.5 Å². The molecule has 0 aliphatic heterocycles. The van der Waals surface area contributed by atoms with E-state index in [4.69, 9.17) is 15.0 Å². The van der Waals surface area contributed by atoms with Gasteiger partial charge in [0, 0.05) is 33.2 Å². The summed E-state index contributed by atoms with van der Waals surface area (Å²) in [5, 5.41) is 2.47. The molecule has 0 saturated heterocycles. The molecule has 4 heteroatoms. The minimum Gasteiger partial charge on any atom is -0.309 e. The minimum atomic E-state index is 0.625. The van der Waals surface area contributed by atoms with Crippen molar-refractivity contribution in [2.45, 2.75) is 0 Å². The number of aromatic nitrogens is 4. The molecule has 258 valence electrons. The molecule has 0 fully saturated rings. The van der Waals surface area contributed by atoms with E-state index in [1.807, 2.05) is 60.7 Å². The lowest BCUT2D eigenvalue weighted by Crippen LogP contribution is -2.00. The third kappa shape index (κ3) is 6.06. The topological polar surface area (TPSA) is 43.6 Å². The third-order valence-electron chi connectivity index (χ3n) is 10.2. The second kappa shape index (κ2) is 13.8. The van der Waals surface area contributed by atoms with Gasteiger partial charge in [-0.05, 0) is 69.8 Å². The van der Waals surface area contributed by atoms with Gasteiger partial charge in [0.15, 0.2) is 17.5 Å². The fraction of sp³-hybridized carbons (Fsp3) is 0. The van der Waals surface area contributed by atoms with Gasteiger partial charge >= 0.3 is 0 Å². The lowest BCUT2D eigenvalue weighted by atomic mass is 9.90. The quantitative estimate of drug-likeness (QED) is 0.166. The number of rotatable bonds is 7. The van der Waals surface area contributed by atoms with Crippen molar-refractivity contribution in [2.24, 2.45) is 0 Å². The molecular formula is C51H34N4. The molecule has 0 unspecified atom stereocenters. The summed E-state index contributed by atoms with van der Waals surface area (Å²) in [6.07, 6.45) is 0. The Labute approximate surface area is 319 Å². The molecule has 0 saturated carbocycles. The van der Waals surface area contributed by atoms with E-state index in [0.29, 0.717) is 17.5 Å². The first-order chi connectivity index (χ1) is 27.3. The van der Waals surface area contributed by atoms with E-state index in [0.717, 1.165) is 55.8 Å². The number of hydrogen-bond donors (Lipinski definition) is 0. The van der Waals surface area contributed by atoms with Crippen molar-refractivity contribution in [3.05, 3.63) is 206 Å². The van der Waals surface area contributed by atoms with Crippen LogP contribution in [0.2, 0.25) is 0 Å². The Morgan fingerprint density at radius 2 is 0.709 bits per heavy atom. The molecule has 0 aliphatic rings. The predicted molar refractivity (Wildman–Crippen MR) is 227 cm³/mol. The zero-order valence-corrected chi connectivity index (χ0v) is 29.9. The second-order valence-corrected chi connectivity index (χ2v) is 13.7. The van der Waals surface area contributed by atoms with Crippen LogP contribution >= 0.6 is 0 Å². The molecule has 10 rings (SSSR count). The van der Waals surface area contributed by atoms with Gasteiger partial charge in [0.2, 0.25) is 0 Å².